The molecule has 0 unspecified atom stereocenters. The highest BCUT2D eigenvalue weighted by Gasteiger charge is 1.93. The summed E-state index contributed by atoms with van der Waals surface area (Å²) in [5, 5.41) is 87.2. The van der Waals surface area contributed by atoms with E-state index in [1.165, 1.54) is 0 Å². The van der Waals surface area contributed by atoms with Crippen LogP contribution in [0.15, 0.2) is 0 Å². The van der Waals surface area contributed by atoms with E-state index in [9.17, 15) is 0 Å². The highest BCUT2D eigenvalue weighted by Crippen LogP contribution is 1.73. The molecule has 0 heterocycles. The van der Waals surface area contributed by atoms with E-state index < -0.39 is 29.3 Å². The predicted molar refractivity (Wildman–Crippen MR) is 71.4 cm³/mol. The molecule has 0 fully saturated rings. The first-order chi connectivity index (χ1) is 8.93. The molecule has 0 amide bonds. The van der Waals surface area contributed by atoms with Crippen molar-refractivity contribution in [3.63, 3.8) is 0 Å². The zero-order valence-corrected chi connectivity index (χ0v) is 12.1. The Hall–Kier alpha value is -0.260. The summed E-state index contributed by atoms with van der Waals surface area (Å²) in [6.07, 6.45) is 0. The van der Waals surface area contributed by atoms with Crippen LogP contribution in [-0.2, 0) is 0 Å². The smallest absolute Gasteiger partial charge is 0.631 e. The molecule has 0 aliphatic rings. The number of hydrogen-bond acceptors (Lipinski definition) is 12. The van der Waals surface area contributed by atoms with Gasteiger partial charge in [0.25, 0.3) is 0 Å². The van der Waals surface area contributed by atoms with Gasteiger partial charge in [-0.25, -0.2) is 0 Å². The van der Waals surface area contributed by atoms with Gasteiger partial charge in [-0.15, -0.1) is 0 Å². The minimum Gasteiger partial charge on any atom is -0.832 e. The molecule has 0 aliphatic heterocycles. The SMILES string of the molecule is C[N+](C)(C)C.OB(O)O.OB(O)O.OB(O)O.[O-]B(O)O. The maximum absolute atomic E-state index is 8.64. The van der Waals surface area contributed by atoms with Gasteiger partial charge in [0.1, 0.15) is 0 Å². The molecule has 0 saturated heterocycles. The molecule has 0 aromatic heterocycles. The summed E-state index contributed by atoms with van der Waals surface area (Å²) >= 11 is 0. The van der Waals surface area contributed by atoms with Crippen molar-refractivity contribution < 1.29 is 64.8 Å². The summed E-state index contributed by atoms with van der Waals surface area (Å²) in [7, 11) is -0.417. The van der Waals surface area contributed by atoms with E-state index in [4.69, 9.17) is 60.3 Å². The number of hydrogen-bond donors (Lipinski definition) is 11. The van der Waals surface area contributed by atoms with Crippen molar-refractivity contribution in [2.24, 2.45) is 0 Å². The monoisotopic (exact) mass is 321 g/mol. The molecule has 0 aromatic rings. The third-order valence-corrected chi connectivity index (χ3v) is 0. The molecule has 0 atom stereocenters. The highest BCUT2D eigenvalue weighted by atomic mass is 16.5. The summed E-state index contributed by atoms with van der Waals surface area (Å²) in [5.74, 6) is 0. The number of nitrogens with zero attached hydrogens (tertiary/aromatic N) is 1. The van der Waals surface area contributed by atoms with Gasteiger partial charge in [0.05, 0.1) is 28.2 Å². The lowest BCUT2D eigenvalue weighted by Crippen LogP contribution is -2.29. The minimum atomic E-state index is -2.42. The molecule has 0 rings (SSSR count). The Morgan fingerprint density at radius 3 is 0.524 bits per heavy atom. The standard InChI is InChI=1S/C4H12N.3BH3O3.BH2O3/c1-5(2,3)4;4*2-1(3)4/h1-4H3;3*2-4H;2-3H/q+1;;;;-1. The summed E-state index contributed by atoms with van der Waals surface area (Å²) < 4.78 is 1.00. The molecule has 11 N–H and O–H groups in total. The van der Waals surface area contributed by atoms with Crippen molar-refractivity contribution in [3.05, 3.63) is 0 Å². The Bertz CT molecular complexity index is 125. The lowest BCUT2D eigenvalue weighted by Gasteiger charge is -2.14. The zero-order valence-electron chi connectivity index (χ0n) is 12.1. The van der Waals surface area contributed by atoms with Crippen LogP contribution in [-0.4, -0.2) is 117 Å². The molecule has 0 spiro atoms. The second kappa shape index (κ2) is 22.0. The molecule has 17 heteroatoms. The second-order valence-corrected chi connectivity index (χ2v) is 4.05. The van der Waals surface area contributed by atoms with Gasteiger partial charge in [-0.3, -0.25) is 0 Å². The minimum absolute atomic E-state index is 1.00. The van der Waals surface area contributed by atoms with Gasteiger partial charge < -0.3 is 64.8 Å². The summed E-state index contributed by atoms with van der Waals surface area (Å²) in [6, 6.07) is 0. The molecular weight excluding hydrogens is 297 g/mol. The molecule has 0 saturated carbocycles. The quantitative estimate of drug-likeness (QED) is 0.147. The van der Waals surface area contributed by atoms with Crippen molar-refractivity contribution in [1.82, 2.24) is 0 Å². The van der Waals surface area contributed by atoms with E-state index in [1.807, 2.05) is 0 Å². The van der Waals surface area contributed by atoms with Crippen LogP contribution in [0.25, 0.3) is 0 Å². The van der Waals surface area contributed by atoms with Gasteiger partial charge in [-0.1, -0.05) is 0 Å². The Balaban J connectivity index is -0.0000000510. The van der Waals surface area contributed by atoms with Gasteiger partial charge >= 0.3 is 29.3 Å². The first kappa shape index (κ1) is 32.6. The van der Waals surface area contributed by atoms with Crippen molar-refractivity contribution in [3.8, 4) is 0 Å². The van der Waals surface area contributed by atoms with E-state index in [2.05, 4.69) is 28.2 Å². The Labute approximate surface area is 123 Å². The van der Waals surface area contributed by atoms with E-state index in [0.717, 1.165) is 4.48 Å². The lowest BCUT2D eigenvalue weighted by atomic mass is 10.3. The Morgan fingerprint density at radius 2 is 0.524 bits per heavy atom. The van der Waals surface area contributed by atoms with Crippen LogP contribution in [0.4, 0.5) is 0 Å². The van der Waals surface area contributed by atoms with Gasteiger partial charge in [0, 0.05) is 0 Å². The molecule has 0 aromatic carbocycles. The van der Waals surface area contributed by atoms with Crippen LogP contribution in [0.5, 0.6) is 0 Å². The average Bonchev–Trinajstić information content (AvgIpc) is 1.91. The number of quaternary nitrogens is 1. The fraction of sp³-hybridized carbons (Fsp3) is 1.00. The predicted octanol–water partition coefficient (Wildman–Crippen LogP) is -8.52. The topological polar surface area (TPSA) is 246 Å². The lowest BCUT2D eigenvalue weighted by molar-refractivity contribution is -0.849. The first-order valence-electron chi connectivity index (χ1n) is 4.86. The van der Waals surface area contributed by atoms with Crippen LogP contribution in [0.1, 0.15) is 0 Å². The summed E-state index contributed by atoms with van der Waals surface area (Å²) in [6.45, 7) is 0. The molecule has 0 aliphatic carbocycles. The summed E-state index contributed by atoms with van der Waals surface area (Å²) in [4.78, 5) is 0. The first-order valence-corrected chi connectivity index (χ1v) is 4.86. The van der Waals surface area contributed by atoms with E-state index >= 15 is 0 Å². The van der Waals surface area contributed by atoms with Crippen LogP contribution in [0, 0.1) is 0 Å². The van der Waals surface area contributed by atoms with Gasteiger partial charge in [0.2, 0.25) is 0 Å². The third kappa shape index (κ3) is 91700. The molecule has 0 radical (unpaired) electrons. The van der Waals surface area contributed by atoms with Crippen LogP contribution in [0.2, 0.25) is 0 Å². The maximum Gasteiger partial charge on any atom is 0.631 e. The third-order valence-electron chi connectivity index (χ3n) is 0. The van der Waals surface area contributed by atoms with Crippen molar-refractivity contribution >= 4 is 29.3 Å². The molecule has 13 nitrogen and oxygen atoms in total. The van der Waals surface area contributed by atoms with E-state index in [0.29, 0.717) is 0 Å². The van der Waals surface area contributed by atoms with Crippen molar-refractivity contribution in [1.29, 1.82) is 0 Å². The fourth-order valence-corrected chi connectivity index (χ4v) is 0. The fourth-order valence-electron chi connectivity index (χ4n) is 0. The maximum atomic E-state index is 8.64. The van der Waals surface area contributed by atoms with E-state index in [1.54, 1.807) is 0 Å². The highest BCUT2D eigenvalue weighted by molar-refractivity contribution is 6.31. The van der Waals surface area contributed by atoms with Crippen LogP contribution < -0.4 is 5.02 Å². The summed E-state index contributed by atoms with van der Waals surface area (Å²) in [5.41, 5.74) is 0. The van der Waals surface area contributed by atoms with Gasteiger partial charge in [-0.05, 0) is 0 Å². The normalized spacial score (nSPS) is 8.00. The number of rotatable bonds is 0. The van der Waals surface area contributed by atoms with Gasteiger partial charge in [0.15, 0.2) is 0 Å². The largest absolute Gasteiger partial charge is 0.832 e. The zero-order chi connectivity index (χ0) is 18.8. The van der Waals surface area contributed by atoms with Crippen LogP contribution in [0.3, 0.4) is 0 Å². The van der Waals surface area contributed by atoms with Gasteiger partial charge in [-0.2, -0.15) is 0 Å². The molecule has 21 heavy (non-hydrogen) atoms. The molecule has 128 valence electrons. The molecular formula is C4H23B4NO12. The van der Waals surface area contributed by atoms with Crippen molar-refractivity contribution in [2.75, 3.05) is 28.2 Å². The average molecular weight is 320 g/mol. The van der Waals surface area contributed by atoms with Crippen molar-refractivity contribution in [2.45, 2.75) is 0 Å². The second-order valence-electron chi connectivity index (χ2n) is 4.05. The van der Waals surface area contributed by atoms with Crippen LogP contribution >= 0.6 is 0 Å². The Morgan fingerprint density at radius 1 is 0.524 bits per heavy atom. The van der Waals surface area contributed by atoms with E-state index in [-0.39, 0.29) is 0 Å². The Kier molecular flexibility index (Phi) is 34.2. The molecule has 0 bridgehead atoms.